The Balaban J connectivity index is 1.37. The fraction of sp³-hybridized carbons (Fsp3) is 0.188. The molecule has 214 valence electrons. The molecule has 10 heteroatoms. The van der Waals surface area contributed by atoms with Gasteiger partial charge in [-0.05, 0) is 89.3 Å². The van der Waals surface area contributed by atoms with E-state index in [1.165, 1.54) is 18.4 Å². The maximum Gasteiger partial charge on any atom is 0.338 e. The number of aromatic nitrogens is 1. The quantitative estimate of drug-likeness (QED) is 0.291. The molecule has 8 nitrogen and oxygen atoms in total. The number of nitrogens with one attached hydrogen (secondary N) is 1. The molecule has 1 N–H and O–H groups in total. The number of carbonyl (C=O) groups is 2. The molecule has 42 heavy (non-hydrogen) atoms. The first-order valence-electron chi connectivity index (χ1n) is 13.1. The first kappa shape index (κ1) is 29.2. The van der Waals surface area contributed by atoms with Gasteiger partial charge in [-0.25, -0.2) is 9.79 Å². The smallest absolute Gasteiger partial charge is 0.338 e. The highest BCUT2D eigenvalue weighted by Gasteiger charge is 2.32. The van der Waals surface area contributed by atoms with E-state index in [1.807, 2.05) is 68.4 Å². The summed E-state index contributed by atoms with van der Waals surface area (Å²) in [6.45, 7) is 5.59. The lowest BCUT2D eigenvalue weighted by Gasteiger charge is -2.24. The summed E-state index contributed by atoms with van der Waals surface area (Å²) < 4.78 is 13.6. The molecular formula is C32H28BrN3O5S. The Kier molecular flexibility index (Phi) is 8.56. The highest BCUT2D eigenvalue weighted by atomic mass is 79.9. The SMILES string of the molecule is COC(=O)C1=C(C)N=c2s/c(=C/c3ccc(OCC(=O)Nc4cc(C)c(C)cc4Br)cc3)c(=O)n2[C@H]1c1ccccc1. The van der Waals surface area contributed by atoms with Gasteiger partial charge in [-0.3, -0.25) is 14.2 Å². The van der Waals surface area contributed by atoms with Gasteiger partial charge in [-0.1, -0.05) is 53.8 Å². The van der Waals surface area contributed by atoms with Crippen LogP contribution in [-0.2, 0) is 14.3 Å². The van der Waals surface area contributed by atoms with Crippen molar-refractivity contribution >= 4 is 50.9 Å². The maximum atomic E-state index is 13.7. The zero-order valence-corrected chi connectivity index (χ0v) is 25.8. The number of nitrogens with zero attached hydrogens (tertiary/aromatic N) is 2. The van der Waals surface area contributed by atoms with Crippen LogP contribution in [0.25, 0.3) is 6.08 Å². The van der Waals surface area contributed by atoms with Crippen molar-refractivity contribution in [1.82, 2.24) is 4.57 Å². The Morgan fingerprint density at radius 1 is 1.05 bits per heavy atom. The average Bonchev–Trinajstić information content (AvgIpc) is 3.28. The molecule has 3 aromatic carbocycles. The first-order chi connectivity index (χ1) is 20.2. The van der Waals surface area contributed by atoms with Crippen LogP contribution in [0.2, 0.25) is 0 Å². The van der Waals surface area contributed by atoms with Crippen molar-refractivity contribution < 1.29 is 19.1 Å². The number of fused-ring (bicyclic) bond motifs is 1. The van der Waals surface area contributed by atoms with Crippen LogP contribution < -0.4 is 24.9 Å². The van der Waals surface area contributed by atoms with Gasteiger partial charge in [-0.15, -0.1) is 0 Å². The molecule has 0 unspecified atom stereocenters. The van der Waals surface area contributed by atoms with Gasteiger partial charge in [0.2, 0.25) is 0 Å². The highest BCUT2D eigenvalue weighted by Crippen LogP contribution is 2.30. The third-order valence-corrected chi connectivity index (χ3v) is 8.59. The van der Waals surface area contributed by atoms with Crippen molar-refractivity contribution in [3.8, 4) is 5.75 Å². The predicted octanol–water partition coefficient (Wildman–Crippen LogP) is 4.81. The lowest BCUT2D eigenvalue weighted by atomic mass is 9.96. The highest BCUT2D eigenvalue weighted by molar-refractivity contribution is 9.10. The average molecular weight is 647 g/mol. The number of carbonyl (C=O) groups excluding carboxylic acids is 2. The third-order valence-electron chi connectivity index (χ3n) is 6.95. The second-order valence-electron chi connectivity index (χ2n) is 9.81. The van der Waals surface area contributed by atoms with Gasteiger partial charge in [-0.2, -0.15) is 0 Å². The summed E-state index contributed by atoms with van der Waals surface area (Å²) >= 11 is 4.74. The molecule has 1 aromatic heterocycles. The summed E-state index contributed by atoms with van der Waals surface area (Å²) in [5.74, 6) is -0.283. The van der Waals surface area contributed by atoms with Gasteiger partial charge in [0.05, 0.1) is 34.6 Å². The fourth-order valence-electron chi connectivity index (χ4n) is 4.67. The van der Waals surface area contributed by atoms with Crippen LogP contribution in [0.15, 0.2) is 92.3 Å². The molecule has 0 aliphatic carbocycles. The number of esters is 1. The molecule has 0 saturated heterocycles. The van der Waals surface area contributed by atoms with Crippen LogP contribution in [0.5, 0.6) is 5.75 Å². The van der Waals surface area contributed by atoms with Gasteiger partial charge in [0.25, 0.3) is 11.5 Å². The second kappa shape index (κ2) is 12.3. The van der Waals surface area contributed by atoms with E-state index in [0.717, 1.165) is 26.7 Å². The number of thiazole rings is 1. The number of rotatable bonds is 7. The summed E-state index contributed by atoms with van der Waals surface area (Å²) in [6, 6.07) is 19.7. The van der Waals surface area contributed by atoms with Crippen molar-refractivity contribution in [2.75, 3.05) is 19.0 Å². The topological polar surface area (TPSA) is 99.0 Å². The Bertz CT molecular complexity index is 1890. The van der Waals surface area contributed by atoms with E-state index in [4.69, 9.17) is 9.47 Å². The van der Waals surface area contributed by atoms with E-state index in [9.17, 15) is 14.4 Å². The van der Waals surface area contributed by atoms with E-state index in [1.54, 1.807) is 29.7 Å². The van der Waals surface area contributed by atoms with Crippen molar-refractivity contribution in [3.63, 3.8) is 0 Å². The molecule has 1 aliphatic heterocycles. The van der Waals surface area contributed by atoms with E-state index < -0.39 is 12.0 Å². The minimum Gasteiger partial charge on any atom is -0.484 e. The van der Waals surface area contributed by atoms with E-state index >= 15 is 0 Å². The van der Waals surface area contributed by atoms with Crippen molar-refractivity contribution in [2.24, 2.45) is 4.99 Å². The zero-order valence-electron chi connectivity index (χ0n) is 23.4. The molecule has 1 amide bonds. The number of anilines is 1. The molecule has 0 fully saturated rings. The monoisotopic (exact) mass is 645 g/mol. The number of benzene rings is 3. The Morgan fingerprint density at radius 2 is 1.74 bits per heavy atom. The van der Waals surface area contributed by atoms with Gasteiger partial charge < -0.3 is 14.8 Å². The number of halogens is 1. The molecular weight excluding hydrogens is 618 g/mol. The number of allylic oxidation sites excluding steroid dienone is 1. The Morgan fingerprint density at radius 3 is 2.43 bits per heavy atom. The first-order valence-corrected chi connectivity index (χ1v) is 14.7. The third kappa shape index (κ3) is 6.00. The number of hydrogen-bond acceptors (Lipinski definition) is 7. The number of ether oxygens (including phenoxy) is 2. The molecule has 2 heterocycles. The number of aryl methyl sites for hydroxylation is 2. The molecule has 0 spiro atoms. The molecule has 1 aliphatic rings. The summed E-state index contributed by atoms with van der Waals surface area (Å²) in [5, 5.41) is 2.86. The number of methoxy groups -OCH3 is 1. The van der Waals surface area contributed by atoms with Crippen LogP contribution in [-0.4, -0.2) is 30.2 Å². The Hall–Kier alpha value is -4.28. The predicted molar refractivity (Wildman–Crippen MR) is 166 cm³/mol. The van der Waals surface area contributed by atoms with Crippen molar-refractivity contribution in [1.29, 1.82) is 0 Å². The van der Waals surface area contributed by atoms with Crippen LogP contribution in [0.3, 0.4) is 0 Å². The van der Waals surface area contributed by atoms with Crippen LogP contribution in [0, 0.1) is 13.8 Å². The standard InChI is InChI=1S/C32H28BrN3O5S/c1-18-14-24(33)25(15-19(18)2)35-27(37)17-41-23-12-10-21(11-13-23)16-26-30(38)36-29(22-8-6-5-7-9-22)28(31(39)40-4)20(3)34-32(36)42-26/h5-16,29H,17H2,1-4H3,(H,35,37)/b26-16+/t29-/m0/s1. The van der Waals surface area contributed by atoms with E-state index in [2.05, 4.69) is 26.2 Å². The molecule has 4 aromatic rings. The minimum absolute atomic E-state index is 0.154. The number of hydrogen-bond donors (Lipinski definition) is 1. The zero-order chi connectivity index (χ0) is 30.0. The largest absolute Gasteiger partial charge is 0.484 e. The minimum atomic E-state index is -0.650. The summed E-state index contributed by atoms with van der Waals surface area (Å²) in [6.07, 6.45) is 1.77. The molecule has 1 atom stereocenters. The fourth-order valence-corrected chi connectivity index (χ4v) is 6.27. The molecule has 0 radical (unpaired) electrons. The number of amides is 1. The van der Waals surface area contributed by atoms with Crippen molar-refractivity contribution in [3.05, 3.63) is 124 Å². The summed E-state index contributed by atoms with van der Waals surface area (Å²) in [5.41, 5.74) is 5.04. The van der Waals surface area contributed by atoms with Crippen LogP contribution in [0.1, 0.15) is 35.2 Å². The van der Waals surface area contributed by atoms with Gasteiger partial charge >= 0.3 is 5.97 Å². The van der Waals surface area contributed by atoms with Gasteiger partial charge in [0, 0.05) is 4.47 Å². The maximum absolute atomic E-state index is 13.7. The van der Waals surface area contributed by atoms with Crippen molar-refractivity contribution in [2.45, 2.75) is 26.8 Å². The second-order valence-corrected chi connectivity index (χ2v) is 11.7. The normalized spacial score (nSPS) is 14.7. The van der Waals surface area contributed by atoms with Crippen LogP contribution in [0.4, 0.5) is 5.69 Å². The summed E-state index contributed by atoms with van der Waals surface area (Å²) in [4.78, 5) is 44.0. The lowest BCUT2D eigenvalue weighted by molar-refractivity contribution is -0.136. The molecule has 0 bridgehead atoms. The van der Waals surface area contributed by atoms with Gasteiger partial charge in [0.15, 0.2) is 11.4 Å². The van der Waals surface area contributed by atoms with E-state index in [0.29, 0.717) is 32.0 Å². The van der Waals surface area contributed by atoms with Gasteiger partial charge in [0.1, 0.15) is 5.75 Å². The molecule has 5 rings (SSSR count). The van der Waals surface area contributed by atoms with Crippen LogP contribution >= 0.6 is 27.3 Å². The molecule has 0 saturated carbocycles. The van der Waals surface area contributed by atoms with E-state index in [-0.39, 0.29) is 18.1 Å². The Labute approximate surface area is 254 Å². The lowest BCUT2D eigenvalue weighted by Crippen LogP contribution is -2.39. The summed E-state index contributed by atoms with van der Waals surface area (Å²) in [7, 11) is 1.32.